The molecule has 0 aliphatic carbocycles. The van der Waals surface area contributed by atoms with Crippen LogP contribution in [0.4, 0.5) is 0 Å². The highest BCUT2D eigenvalue weighted by Gasteiger charge is 2.39. The van der Waals surface area contributed by atoms with Gasteiger partial charge in [0.1, 0.15) is 12.2 Å². The second kappa shape index (κ2) is 3.68. The highest BCUT2D eigenvalue weighted by molar-refractivity contribution is 4.92. The Kier molecular flexibility index (Phi) is 3.03. The van der Waals surface area contributed by atoms with E-state index < -0.39 is 24.4 Å². The molecule has 4 atom stereocenters. The molecular formula is C7H15NO4. The summed E-state index contributed by atoms with van der Waals surface area (Å²) < 4.78 is 0. The van der Waals surface area contributed by atoms with Crippen LogP contribution >= 0.6 is 0 Å². The summed E-state index contributed by atoms with van der Waals surface area (Å²) in [6.07, 6.45) is -3.17. The van der Waals surface area contributed by atoms with Gasteiger partial charge >= 0.3 is 0 Å². The highest BCUT2D eigenvalue weighted by atomic mass is 16.4. The average Bonchev–Trinajstić information content (AvgIpc) is 2.01. The van der Waals surface area contributed by atoms with E-state index in [1.54, 1.807) is 11.9 Å². The molecule has 0 aromatic heterocycles. The zero-order chi connectivity index (χ0) is 9.30. The van der Waals surface area contributed by atoms with Crippen molar-refractivity contribution in [1.82, 2.24) is 4.90 Å². The Bertz CT molecular complexity index is 154. The van der Waals surface area contributed by atoms with Crippen molar-refractivity contribution < 1.29 is 20.4 Å². The van der Waals surface area contributed by atoms with Gasteiger partial charge in [0.2, 0.25) is 0 Å². The molecule has 1 rings (SSSR count). The van der Waals surface area contributed by atoms with Gasteiger partial charge < -0.3 is 20.4 Å². The molecule has 0 aromatic rings. The molecule has 1 aliphatic heterocycles. The molecule has 1 aliphatic rings. The Morgan fingerprint density at radius 3 is 2.33 bits per heavy atom. The first kappa shape index (κ1) is 9.88. The fraction of sp³-hybridized carbons (Fsp3) is 1.00. The summed E-state index contributed by atoms with van der Waals surface area (Å²) in [4.78, 5) is 1.63. The summed E-state index contributed by atoms with van der Waals surface area (Å²) in [7, 11) is 1.68. The minimum absolute atomic E-state index is 0.221. The van der Waals surface area contributed by atoms with Crippen molar-refractivity contribution in [3.63, 3.8) is 0 Å². The summed E-state index contributed by atoms with van der Waals surface area (Å²) in [6, 6.07) is -0.483. The largest absolute Gasteiger partial charge is 0.395 e. The van der Waals surface area contributed by atoms with Crippen LogP contribution in [0.1, 0.15) is 0 Å². The predicted molar refractivity (Wildman–Crippen MR) is 41.5 cm³/mol. The summed E-state index contributed by atoms with van der Waals surface area (Å²) in [5.74, 6) is 0. The molecule has 1 fully saturated rings. The predicted octanol–water partition coefficient (Wildman–Crippen LogP) is -2.62. The van der Waals surface area contributed by atoms with Crippen LogP contribution in [-0.4, -0.2) is 69.9 Å². The summed E-state index contributed by atoms with van der Waals surface area (Å²) in [6.45, 7) is 0.0465. The molecule has 0 spiro atoms. The van der Waals surface area contributed by atoms with Gasteiger partial charge in [-0.15, -0.1) is 0 Å². The number of nitrogens with zero attached hydrogens (tertiary/aromatic N) is 1. The number of aliphatic hydroxyl groups excluding tert-OH is 4. The van der Waals surface area contributed by atoms with Crippen LogP contribution in [0.3, 0.4) is 0 Å². The fourth-order valence-electron chi connectivity index (χ4n) is 1.50. The molecule has 72 valence electrons. The molecule has 0 unspecified atom stereocenters. The zero-order valence-electron chi connectivity index (χ0n) is 6.96. The molecule has 1 heterocycles. The van der Waals surface area contributed by atoms with E-state index in [0.29, 0.717) is 0 Å². The number of hydrogen-bond donors (Lipinski definition) is 4. The van der Waals surface area contributed by atoms with Crippen molar-refractivity contribution in [3.05, 3.63) is 0 Å². The third-order valence-corrected chi connectivity index (χ3v) is 2.37. The first-order valence-electron chi connectivity index (χ1n) is 3.93. The second-order valence-corrected chi connectivity index (χ2v) is 3.24. The first-order chi connectivity index (χ1) is 5.57. The van der Waals surface area contributed by atoms with Crippen LogP contribution in [0.2, 0.25) is 0 Å². The van der Waals surface area contributed by atoms with E-state index in [1.807, 2.05) is 0 Å². The maximum Gasteiger partial charge on any atom is 0.109 e. The number of hydrogen-bond acceptors (Lipinski definition) is 5. The van der Waals surface area contributed by atoms with Gasteiger partial charge in [0.25, 0.3) is 0 Å². The lowest BCUT2D eigenvalue weighted by atomic mass is 9.95. The second-order valence-electron chi connectivity index (χ2n) is 3.24. The van der Waals surface area contributed by atoms with Gasteiger partial charge in [-0.2, -0.15) is 0 Å². The Balaban J connectivity index is 2.65. The lowest BCUT2D eigenvalue weighted by molar-refractivity contribution is -0.138. The fourth-order valence-corrected chi connectivity index (χ4v) is 1.50. The third-order valence-electron chi connectivity index (χ3n) is 2.37. The topological polar surface area (TPSA) is 84.2 Å². The van der Waals surface area contributed by atoms with Crippen LogP contribution in [-0.2, 0) is 0 Å². The van der Waals surface area contributed by atoms with Crippen molar-refractivity contribution in [2.75, 3.05) is 20.2 Å². The van der Waals surface area contributed by atoms with Gasteiger partial charge in [0, 0.05) is 6.54 Å². The van der Waals surface area contributed by atoms with E-state index >= 15 is 0 Å². The number of likely N-dealkylation sites (tertiary alicyclic amines) is 1. The van der Waals surface area contributed by atoms with E-state index in [1.165, 1.54) is 0 Å². The molecule has 1 saturated heterocycles. The third kappa shape index (κ3) is 1.60. The van der Waals surface area contributed by atoms with Crippen LogP contribution < -0.4 is 0 Å². The standard InChI is InChI=1S/C7H15NO4/c1-8-2-5(10)7(12)6(11)4(8)3-9/h4-7,9-12H,2-3H2,1H3/t4-,5-,6-,7+/m1/s1. The van der Waals surface area contributed by atoms with Crippen LogP contribution in [0.25, 0.3) is 0 Å². The van der Waals surface area contributed by atoms with Gasteiger partial charge in [-0.1, -0.05) is 0 Å². The summed E-state index contributed by atoms with van der Waals surface area (Å²) >= 11 is 0. The number of aliphatic hydroxyl groups is 4. The van der Waals surface area contributed by atoms with E-state index in [-0.39, 0.29) is 13.2 Å². The van der Waals surface area contributed by atoms with Gasteiger partial charge in [0.15, 0.2) is 0 Å². The Labute approximate surface area is 70.9 Å². The maximum absolute atomic E-state index is 9.37. The zero-order valence-corrected chi connectivity index (χ0v) is 6.96. The van der Waals surface area contributed by atoms with Crippen molar-refractivity contribution in [2.24, 2.45) is 0 Å². The van der Waals surface area contributed by atoms with E-state index in [9.17, 15) is 15.3 Å². The number of β-amino-alcohol motifs (C(OH)–C–C–N with tert-alkyl or cyclic N) is 1. The van der Waals surface area contributed by atoms with E-state index in [2.05, 4.69) is 0 Å². The molecule has 0 bridgehead atoms. The van der Waals surface area contributed by atoms with Crippen molar-refractivity contribution >= 4 is 0 Å². The lowest BCUT2D eigenvalue weighted by Crippen LogP contribution is -2.61. The summed E-state index contributed by atoms with van der Waals surface area (Å²) in [5.41, 5.74) is 0. The quantitative estimate of drug-likeness (QED) is 0.352. The molecule has 4 N–H and O–H groups in total. The van der Waals surface area contributed by atoms with E-state index in [0.717, 1.165) is 0 Å². The van der Waals surface area contributed by atoms with Gasteiger partial charge in [-0.05, 0) is 7.05 Å². The molecule has 0 aromatic carbocycles. The van der Waals surface area contributed by atoms with Crippen LogP contribution in [0.5, 0.6) is 0 Å². The number of piperidine rings is 1. The number of rotatable bonds is 1. The van der Waals surface area contributed by atoms with Crippen molar-refractivity contribution in [2.45, 2.75) is 24.4 Å². The average molecular weight is 177 g/mol. The molecule has 5 heteroatoms. The molecule has 12 heavy (non-hydrogen) atoms. The van der Waals surface area contributed by atoms with E-state index in [4.69, 9.17) is 5.11 Å². The Morgan fingerprint density at radius 2 is 1.83 bits per heavy atom. The Morgan fingerprint density at radius 1 is 1.25 bits per heavy atom. The maximum atomic E-state index is 9.37. The highest BCUT2D eigenvalue weighted by Crippen LogP contribution is 2.16. The van der Waals surface area contributed by atoms with Crippen LogP contribution in [0, 0.1) is 0 Å². The van der Waals surface area contributed by atoms with Crippen molar-refractivity contribution in [1.29, 1.82) is 0 Å². The van der Waals surface area contributed by atoms with Crippen molar-refractivity contribution in [3.8, 4) is 0 Å². The minimum atomic E-state index is -1.15. The smallest absolute Gasteiger partial charge is 0.109 e. The Hall–Kier alpha value is -0.200. The minimum Gasteiger partial charge on any atom is -0.395 e. The van der Waals surface area contributed by atoms with Crippen LogP contribution in [0.15, 0.2) is 0 Å². The van der Waals surface area contributed by atoms with Gasteiger partial charge in [-0.25, -0.2) is 0 Å². The van der Waals surface area contributed by atoms with Gasteiger partial charge in [-0.3, -0.25) is 4.90 Å². The molecule has 0 saturated carbocycles. The van der Waals surface area contributed by atoms with Gasteiger partial charge in [0.05, 0.1) is 18.8 Å². The first-order valence-corrected chi connectivity index (χ1v) is 3.93. The number of likely N-dealkylation sites (N-methyl/N-ethyl adjacent to an activating group) is 1. The monoisotopic (exact) mass is 177 g/mol. The molecular weight excluding hydrogens is 162 g/mol. The SMILES string of the molecule is CN1C[C@@H](O)[C@H](O)[C@H](O)[C@H]1CO. The normalized spacial score (nSPS) is 44.8. The summed E-state index contributed by atoms with van der Waals surface area (Å²) in [5, 5.41) is 36.6. The molecule has 0 radical (unpaired) electrons. The molecule has 0 amide bonds. The molecule has 5 nitrogen and oxygen atoms in total. The lowest BCUT2D eigenvalue weighted by Gasteiger charge is -2.40.